The molecule has 1 amide bonds. The van der Waals surface area contributed by atoms with Crippen LogP contribution < -0.4 is 0 Å². The van der Waals surface area contributed by atoms with E-state index in [1.54, 1.807) is 10.7 Å². The van der Waals surface area contributed by atoms with E-state index in [-0.39, 0.29) is 5.91 Å². The molecule has 0 bridgehead atoms. The monoisotopic (exact) mass is 360 g/mol. The van der Waals surface area contributed by atoms with Crippen molar-refractivity contribution in [2.75, 3.05) is 26.2 Å². The van der Waals surface area contributed by atoms with Crippen molar-refractivity contribution in [3.05, 3.63) is 71.5 Å². The van der Waals surface area contributed by atoms with Gasteiger partial charge in [0.25, 0.3) is 5.91 Å². The quantitative estimate of drug-likeness (QED) is 0.705. The minimum absolute atomic E-state index is 0.0814. The summed E-state index contributed by atoms with van der Waals surface area (Å²) in [5, 5.41) is 4.30. The molecule has 5 rings (SSSR count). The van der Waals surface area contributed by atoms with Crippen molar-refractivity contribution >= 4 is 11.4 Å². The number of hydrogen-bond donors (Lipinski definition) is 0. The van der Waals surface area contributed by atoms with Crippen molar-refractivity contribution in [1.82, 2.24) is 19.4 Å². The second kappa shape index (κ2) is 6.82. The van der Waals surface area contributed by atoms with Crippen LogP contribution in [0.4, 0.5) is 0 Å². The van der Waals surface area contributed by atoms with Crippen molar-refractivity contribution in [3.8, 4) is 0 Å². The molecule has 0 unspecified atom stereocenters. The number of fused-ring (bicyclic) bond motifs is 2. The highest BCUT2D eigenvalue weighted by molar-refractivity contribution is 5.93. The van der Waals surface area contributed by atoms with E-state index in [9.17, 15) is 4.79 Å². The molecular formula is C22H24N4O. The van der Waals surface area contributed by atoms with Crippen molar-refractivity contribution < 1.29 is 4.79 Å². The standard InChI is InChI=1S/C22H24N4O/c27-22(21-7-3-6-19-10-11-23-26(19)21)25-14-12-24(13-15-25)20-9-8-17-4-1-2-5-18(17)16-20/h1-7,10-11,20H,8-9,12-16H2/t20-/m1/s1. The minimum Gasteiger partial charge on any atom is -0.335 e. The third-order valence-corrected chi connectivity index (χ3v) is 6.08. The number of carbonyl (C=O) groups is 1. The van der Waals surface area contributed by atoms with Gasteiger partial charge in [0.1, 0.15) is 5.69 Å². The van der Waals surface area contributed by atoms with Gasteiger partial charge < -0.3 is 4.90 Å². The molecular weight excluding hydrogens is 336 g/mol. The third kappa shape index (κ3) is 3.02. The van der Waals surface area contributed by atoms with Gasteiger partial charge in [-0.15, -0.1) is 0 Å². The van der Waals surface area contributed by atoms with Gasteiger partial charge in [0.2, 0.25) is 0 Å². The summed E-state index contributed by atoms with van der Waals surface area (Å²) in [6, 6.07) is 17.1. The SMILES string of the molecule is O=C(c1cccc2ccnn12)N1CCN([C@@H]2CCc3ccccc3C2)CC1. The Hall–Kier alpha value is -2.66. The Morgan fingerprint density at radius 2 is 1.74 bits per heavy atom. The molecule has 1 fully saturated rings. The molecule has 138 valence electrons. The van der Waals surface area contributed by atoms with Crippen LogP contribution in [-0.2, 0) is 12.8 Å². The highest BCUT2D eigenvalue weighted by Crippen LogP contribution is 2.25. The van der Waals surface area contributed by atoms with E-state index in [1.165, 1.54) is 24.0 Å². The second-order valence-electron chi connectivity index (χ2n) is 7.57. The predicted molar refractivity (Wildman–Crippen MR) is 105 cm³/mol. The normalized spacial score (nSPS) is 20.6. The first-order valence-electron chi connectivity index (χ1n) is 9.82. The van der Waals surface area contributed by atoms with Crippen molar-refractivity contribution in [1.29, 1.82) is 0 Å². The first-order chi connectivity index (χ1) is 13.3. The summed E-state index contributed by atoms with van der Waals surface area (Å²) in [4.78, 5) is 17.6. The van der Waals surface area contributed by atoms with E-state index in [0.717, 1.165) is 38.1 Å². The third-order valence-electron chi connectivity index (χ3n) is 6.08. The molecule has 2 aromatic heterocycles. The first kappa shape index (κ1) is 16.5. The number of carbonyl (C=O) groups excluding carboxylic acids is 1. The molecule has 1 aromatic carbocycles. The number of hydrogen-bond acceptors (Lipinski definition) is 3. The second-order valence-corrected chi connectivity index (χ2v) is 7.57. The number of pyridine rings is 1. The number of nitrogens with zero attached hydrogens (tertiary/aromatic N) is 4. The highest BCUT2D eigenvalue weighted by Gasteiger charge is 2.29. The molecule has 5 nitrogen and oxygen atoms in total. The summed E-state index contributed by atoms with van der Waals surface area (Å²) in [7, 11) is 0. The Kier molecular flexibility index (Phi) is 4.17. The maximum atomic E-state index is 13.0. The molecule has 1 atom stereocenters. The van der Waals surface area contributed by atoms with Crippen LogP contribution in [0.5, 0.6) is 0 Å². The topological polar surface area (TPSA) is 40.9 Å². The lowest BCUT2D eigenvalue weighted by molar-refractivity contribution is 0.0545. The highest BCUT2D eigenvalue weighted by atomic mass is 16.2. The molecule has 3 aromatic rings. The van der Waals surface area contributed by atoms with Gasteiger partial charge in [0.05, 0.1) is 11.7 Å². The zero-order chi connectivity index (χ0) is 18.2. The summed E-state index contributed by atoms with van der Waals surface area (Å²) in [5.41, 5.74) is 4.62. The van der Waals surface area contributed by atoms with Gasteiger partial charge in [-0.1, -0.05) is 30.3 Å². The van der Waals surface area contributed by atoms with Gasteiger partial charge in [0, 0.05) is 32.2 Å². The predicted octanol–water partition coefficient (Wildman–Crippen LogP) is 2.65. The van der Waals surface area contributed by atoms with Gasteiger partial charge in [-0.25, -0.2) is 4.52 Å². The molecule has 2 aliphatic rings. The summed E-state index contributed by atoms with van der Waals surface area (Å²) < 4.78 is 1.74. The van der Waals surface area contributed by atoms with E-state index in [4.69, 9.17) is 0 Å². The summed E-state index contributed by atoms with van der Waals surface area (Å²) >= 11 is 0. The van der Waals surface area contributed by atoms with E-state index < -0.39 is 0 Å². The summed E-state index contributed by atoms with van der Waals surface area (Å²) in [6.07, 6.45) is 5.26. The molecule has 0 radical (unpaired) electrons. The Morgan fingerprint density at radius 1 is 0.926 bits per heavy atom. The molecule has 0 spiro atoms. The van der Waals surface area contributed by atoms with Crippen LogP contribution in [0.1, 0.15) is 28.0 Å². The smallest absolute Gasteiger partial charge is 0.272 e. The van der Waals surface area contributed by atoms with Crippen LogP contribution in [0.2, 0.25) is 0 Å². The summed E-state index contributed by atoms with van der Waals surface area (Å²) in [6.45, 7) is 3.48. The summed E-state index contributed by atoms with van der Waals surface area (Å²) in [5.74, 6) is 0.0814. The van der Waals surface area contributed by atoms with Gasteiger partial charge in [-0.2, -0.15) is 5.10 Å². The van der Waals surface area contributed by atoms with E-state index in [1.807, 2.05) is 29.2 Å². The average molecular weight is 360 g/mol. The number of aromatic nitrogens is 2. The number of rotatable bonds is 2. The average Bonchev–Trinajstić information content (AvgIpc) is 3.22. The van der Waals surface area contributed by atoms with Crippen molar-refractivity contribution in [3.63, 3.8) is 0 Å². The van der Waals surface area contributed by atoms with E-state index in [2.05, 4.69) is 34.3 Å². The molecule has 1 aliphatic heterocycles. The van der Waals surface area contributed by atoms with Crippen LogP contribution in [0.3, 0.4) is 0 Å². The largest absolute Gasteiger partial charge is 0.335 e. The van der Waals surface area contributed by atoms with Crippen LogP contribution in [-0.4, -0.2) is 57.5 Å². The Labute approximate surface area is 159 Å². The van der Waals surface area contributed by atoms with E-state index in [0.29, 0.717) is 11.7 Å². The molecule has 5 heteroatoms. The van der Waals surface area contributed by atoms with Crippen LogP contribution >= 0.6 is 0 Å². The Balaban J connectivity index is 1.25. The van der Waals surface area contributed by atoms with Crippen molar-refractivity contribution in [2.24, 2.45) is 0 Å². The fourth-order valence-corrected chi connectivity index (χ4v) is 4.55. The first-order valence-corrected chi connectivity index (χ1v) is 9.82. The zero-order valence-corrected chi connectivity index (χ0v) is 15.4. The Bertz CT molecular complexity index is 971. The van der Waals surface area contributed by atoms with Gasteiger partial charge in [0.15, 0.2) is 0 Å². The molecule has 1 saturated heterocycles. The van der Waals surface area contributed by atoms with Crippen LogP contribution in [0, 0.1) is 0 Å². The fourth-order valence-electron chi connectivity index (χ4n) is 4.55. The maximum absolute atomic E-state index is 13.0. The number of aryl methyl sites for hydroxylation is 1. The molecule has 27 heavy (non-hydrogen) atoms. The van der Waals surface area contributed by atoms with Gasteiger partial charge in [-0.3, -0.25) is 9.69 Å². The zero-order valence-electron chi connectivity index (χ0n) is 15.4. The molecule has 1 aliphatic carbocycles. The van der Waals surface area contributed by atoms with E-state index >= 15 is 0 Å². The molecule has 0 saturated carbocycles. The fraction of sp³-hybridized carbons (Fsp3) is 0.364. The lowest BCUT2D eigenvalue weighted by Crippen LogP contribution is -2.53. The van der Waals surface area contributed by atoms with Crippen LogP contribution in [0.25, 0.3) is 5.52 Å². The minimum atomic E-state index is 0.0814. The number of benzene rings is 1. The lowest BCUT2D eigenvalue weighted by Gasteiger charge is -2.41. The van der Waals surface area contributed by atoms with Crippen molar-refractivity contribution in [2.45, 2.75) is 25.3 Å². The Morgan fingerprint density at radius 3 is 2.59 bits per heavy atom. The lowest BCUT2D eigenvalue weighted by atomic mass is 9.87. The molecule has 0 N–H and O–H groups in total. The number of piperazine rings is 1. The van der Waals surface area contributed by atoms with Gasteiger partial charge in [-0.05, 0) is 48.6 Å². The number of amides is 1. The van der Waals surface area contributed by atoms with Gasteiger partial charge >= 0.3 is 0 Å². The maximum Gasteiger partial charge on any atom is 0.272 e. The molecule has 3 heterocycles. The van der Waals surface area contributed by atoms with Crippen LogP contribution in [0.15, 0.2) is 54.7 Å².